The standard InChI is InChI=1S/C13H22O3/c1-6-7-8(2)10-9(3)11-12(14-10)16-13(4,5)15-11/h6,8-12H,1,7H2,2-5H3/t8-,9+,10+,11+,12+/m0/s1. The van der Waals surface area contributed by atoms with Gasteiger partial charge in [-0.1, -0.05) is 19.9 Å². The molecule has 2 rings (SSSR count). The lowest BCUT2D eigenvalue weighted by Crippen LogP contribution is -2.31. The van der Waals surface area contributed by atoms with E-state index in [4.69, 9.17) is 14.2 Å². The third kappa shape index (κ3) is 2.04. The molecule has 0 unspecified atom stereocenters. The lowest BCUT2D eigenvalue weighted by atomic mass is 9.90. The van der Waals surface area contributed by atoms with E-state index in [1.54, 1.807) is 0 Å². The van der Waals surface area contributed by atoms with E-state index in [-0.39, 0.29) is 18.5 Å². The van der Waals surface area contributed by atoms with Crippen LogP contribution in [0.3, 0.4) is 0 Å². The highest BCUT2D eigenvalue weighted by Crippen LogP contribution is 2.42. The molecule has 0 aromatic carbocycles. The third-order valence-corrected chi connectivity index (χ3v) is 3.52. The van der Waals surface area contributed by atoms with Crippen LogP contribution in [0.1, 0.15) is 34.1 Å². The Labute approximate surface area is 97.8 Å². The zero-order valence-electron chi connectivity index (χ0n) is 10.6. The Hall–Kier alpha value is -0.380. The molecule has 92 valence electrons. The van der Waals surface area contributed by atoms with Gasteiger partial charge in [0.2, 0.25) is 0 Å². The summed E-state index contributed by atoms with van der Waals surface area (Å²) in [7, 11) is 0. The zero-order chi connectivity index (χ0) is 11.9. The second kappa shape index (κ2) is 4.13. The zero-order valence-corrected chi connectivity index (χ0v) is 10.6. The average Bonchev–Trinajstić information content (AvgIpc) is 2.62. The number of rotatable bonds is 3. The van der Waals surface area contributed by atoms with Crippen molar-refractivity contribution in [3.8, 4) is 0 Å². The Morgan fingerprint density at radius 3 is 2.62 bits per heavy atom. The number of ether oxygens (including phenoxy) is 3. The van der Waals surface area contributed by atoms with Crippen molar-refractivity contribution in [1.29, 1.82) is 0 Å². The summed E-state index contributed by atoms with van der Waals surface area (Å²) < 4.78 is 17.6. The van der Waals surface area contributed by atoms with E-state index in [0.29, 0.717) is 11.8 Å². The van der Waals surface area contributed by atoms with Gasteiger partial charge in [0.15, 0.2) is 12.1 Å². The van der Waals surface area contributed by atoms with Gasteiger partial charge in [-0.05, 0) is 26.2 Å². The lowest BCUT2D eigenvalue weighted by Gasteiger charge is -2.26. The molecule has 2 saturated heterocycles. The van der Waals surface area contributed by atoms with E-state index in [9.17, 15) is 0 Å². The third-order valence-electron chi connectivity index (χ3n) is 3.52. The molecular weight excluding hydrogens is 204 g/mol. The normalized spacial score (nSPS) is 43.0. The first kappa shape index (κ1) is 12.1. The Morgan fingerprint density at radius 2 is 2.06 bits per heavy atom. The smallest absolute Gasteiger partial charge is 0.187 e. The summed E-state index contributed by atoms with van der Waals surface area (Å²) in [6.07, 6.45) is 3.01. The van der Waals surface area contributed by atoms with Gasteiger partial charge in [0, 0.05) is 5.92 Å². The van der Waals surface area contributed by atoms with Gasteiger partial charge in [-0.15, -0.1) is 6.58 Å². The lowest BCUT2D eigenvalue weighted by molar-refractivity contribution is -0.214. The molecule has 2 aliphatic rings. The van der Waals surface area contributed by atoms with Gasteiger partial charge >= 0.3 is 0 Å². The highest BCUT2D eigenvalue weighted by atomic mass is 16.8. The van der Waals surface area contributed by atoms with Crippen LogP contribution in [0, 0.1) is 11.8 Å². The Morgan fingerprint density at radius 1 is 1.38 bits per heavy atom. The molecule has 5 atom stereocenters. The molecule has 2 aliphatic heterocycles. The van der Waals surface area contributed by atoms with Gasteiger partial charge in [-0.2, -0.15) is 0 Å². The first-order valence-electron chi connectivity index (χ1n) is 6.06. The minimum Gasteiger partial charge on any atom is -0.346 e. The molecule has 0 amide bonds. The van der Waals surface area contributed by atoms with E-state index >= 15 is 0 Å². The van der Waals surface area contributed by atoms with Crippen molar-refractivity contribution >= 4 is 0 Å². The molecule has 2 heterocycles. The van der Waals surface area contributed by atoms with E-state index in [0.717, 1.165) is 6.42 Å². The molecule has 0 aliphatic carbocycles. The van der Waals surface area contributed by atoms with E-state index in [1.165, 1.54) is 0 Å². The van der Waals surface area contributed by atoms with Gasteiger partial charge in [-0.3, -0.25) is 0 Å². The van der Waals surface area contributed by atoms with Crippen LogP contribution in [0.4, 0.5) is 0 Å². The maximum absolute atomic E-state index is 5.95. The van der Waals surface area contributed by atoms with Crippen LogP contribution >= 0.6 is 0 Å². The fraction of sp³-hybridized carbons (Fsp3) is 0.846. The van der Waals surface area contributed by atoms with Crippen molar-refractivity contribution in [2.45, 2.75) is 58.4 Å². The Balaban J connectivity index is 2.02. The number of hydrogen-bond donors (Lipinski definition) is 0. The SMILES string of the molecule is C=CC[C@H](C)[C@H]1O[C@@H]2OC(C)(C)O[C@@H]2[C@@H]1C. The summed E-state index contributed by atoms with van der Waals surface area (Å²) in [4.78, 5) is 0. The van der Waals surface area contributed by atoms with Crippen LogP contribution in [0.25, 0.3) is 0 Å². The molecule has 16 heavy (non-hydrogen) atoms. The number of hydrogen-bond acceptors (Lipinski definition) is 3. The van der Waals surface area contributed by atoms with Gasteiger partial charge in [0.25, 0.3) is 0 Å². The van der Waals surface area contributed by atoms with Gasteiger partial charge in [-0.25, -0.2) is 0 Å². The summed E-state index contributed by atoms with van der Waals surface area (Å²) in [5, 5.41) is 0. The molecule has 2 fully saturated rings. The molecule has 3 heteroatoms. The second-order valence-electron chi connectivity index (χ2n) is 5.43. The van der Waals surface area contributed by atoms with Gasteiger partial charge in [0.05, 0.1) is 6.10 Å². The van der Waals surface area contributed by atoms with Crippen molar-refractivity contribution in [3.05, 3.63) is 12.7 Å². The first-order chi connectivity index (χ1) is 7.44. The van der Waals surface area contributed by atoms with Crippen LogP contribution < -0.4 is 0 Å². The molecule has 0 radical (unpaired) electrons. The molecule has 0 bridgehead atoms. The molecule has 0 N–H and O–H groups in total. The van der Waals surface area contributed by atoms with Crippen LogP contribution in [-0.4, -0.2) is 24.3 Å². The summed E-state index contributed by atoms with van der Waals surface area (Å²) in [6.45, 7) is 12.0. The average molecular weight is 226 g/mol. The van der Waals surface area contributed by atoms with Crippen molar-refractivity contribution in [2.24, 2.45) is 11.8 Å². The largest absolute Gasteiger partial charge is 0.346 e. The van der Waals surface area contributed by atoms with E-state index < -0.39 is 5.79 Å². The summed E-state index contributed by atoms with van der Waals surface area (Å²) in [5.41, 5.74) is 0. The van der Waals surface area contributed by atoms with Crippen LogP contribution in [0.2, 0.25) is 0 Å². The highest BCUT2D eigenvalue weighted by Gasteiger charge is 2.53. The predicted molar refractivity (Wildman–Crippen MR) is 61.8 cm³/mol. The maximum atomic E-state index is 5.95. The molecular formula is C13H22O3. The molecule has 0 saturated carbocycles. The molecule has 3 nitrogen and oxygen atoms in total. The van der Waals surface area contributed by atoms with Crippen molar-refractivity contribution in [3.63, 3.8) is 0 Å². The summed E-state index contributed by atoms with van der Waals surface area (Å²) >= 11 is 0. The van der Waals surface area contributed by atoms with E-state index in [2.05, 4.69) is 20.4 Å². The fourth-order valence-corrected chi connectivity index (χ4v) is 2.73. The summed E-state index contributed by atoms with van der Waals surface area (Å²) in [6, 6.07) is 0. The maximum Gasteiger partial charge on any atom is 0.187 e. The number of allylic oxidation sites excluding steroid dienone is 1. The minimum absolute atomic E-state index is 0.0762. The van der Waals surface area contributed by atoms with Crippen LogP contribution in [-0.2, 0) is 14.2 Å². The van der Waals surface area contributed by atoms with Crippen LogP contribution in [0.5, 0.6) is 0 Å². The first-order valence-corrected chi connectivity index (χ1v) is 6.06. The fourth-order valence-electron chi connectivity index (χ4n) is 2.73. The second-order valence-corrected chi connectivity index (χ2v) is 5.43. The topological polar surface area (TPSA) is 27.7 Å². The molecule has 0 aromatic rings. The van der Waals surface area contributed by atoms with Gasteiger partial charge < -0.3 is 14.2 Å². The predicted octanol–water partition coefficient (Wildman–Crippen LogP) is 2.71. The monoisotopic (exact) mass is 226 g/mol. The van der Waals surface area contributed by atoms with Crippen molar-refractivity contribution in [2.75, 3.05) is 0 Å². The minimum atomic E-state index is -0.504. The highest BCUT2D eigenvalue weighted by molar-refractivity contribution is 4.93. The Bertz CT molecular complexity index is 274. The quantitative estimate of drug-likeness (QED) is 0.692. The molecule has 0 aromatic heterocycles. The summed E-state index contributed by atoms with van der Waals surface area (Å²) in [5.74, 6) is 0.339. The number of fused-ring (bicyclic) bond motifs is 1. The van der Waals surface area contributed by atoms with Crippen molar-refractivity contribution < 1.29 is 14.2 Å². The molecule has 0 spiro atoms. The van der Waals surface area contributed by atoms with Crippen molar-refractivity contribution in [1.82, 2.24) is 0 Å². The van der Waals surface area contributed by atoms with Crippen LogP contribution in [0.15, 0.2) is 12.7 Å². The van der Waals surface area contributed by atoms with Gasteiger partial charge in [0.1, 0.15) is 6.10 Å². The van der Waals surface area contributed by atoms with E-state index in [1.807, 2.05) is 19.9 Å². The Kier molecular flexibility index (Phi) is 3.12.